The molecule has 0 bridgehead atoms. The number of rotatable bonds is 8. The van der Waals surface area contributed by atoms with Crippen molar-refractivity contribution < 1.29 is 4.79 Å². The summed E-state index contributed by atoms with van der Waals surface area (Å²) in [5.74, 6) is 0.701. The Morgan fingerprint density at radius 2 is 1.61 bits per heavy atom. The van der Waals surface area contributed by atoms with E-state index >= 15 is 0 Å². The van der Waals surface area contributed by atoms with Gasteiger partial charge in [-0.15, -0.1) is 0 Å². The van der Waals surface area contributed by atoms with E-state index in [-0.39, 0.29) is 5.91 Å². The summed E-state index contributed by atoms with van der Waals surface area (Å²) in [7, 11) is 0. The largest absolute Gasteiger partial charge is 0.348 e. The zero-order valence-corrected chi connectivity index (χ0v) is 21.4. The number of amides is 1. The molecule has 0 saturated carbocycles. The smallest absolute Gasteiger partial charge is 0.251 e. The number of thioether (sulfide) groups is 1. The summed E-state index contributed by atoms with van der Waals surface area (Å²) < 4.78 is 2.18. The summed E-state index contributed by atoms with van der Waals surface area (Å²) in [5.41, 5.74) is 7.08. The van der Waals surface area contributed by atoms with Gasteiger partial charge in [0.2, 0.25) is 0 Å². The molecular weight excluding hydrogens is 488 g/mol. The zero-order chi connectivity index (χ0) is 24.9. The molecule has 0 unspecified atom stereocenters. The van der Waals surface area contributed by atoms with E-state index in [1.54, 1.807) is 18.0 Å². The van der Waals surface area contributed by atoms with Crippen LogP contribution in [0.4, 0.5) is 0 Å². The lowest BCUT2D eigenvalue weighted by Crippen LogP contribution is -2.22. The third-order valence-corrected chi connectivity index (χ3v) is 7.23. The number of nitrogens with one attached hydrogen (secondary N) is 1. The molecule has 180 valence electrons. The fourth-order valence-electron chi connectivity index (χ4n) is 3.87. The van der Waals surface area contributed by atoms with Crippen molar-refractivity contribution >= 4 is 40.3 Å². The van der Waals surface area contributed by atoms with Crippen LogP contribution in [0.5, 0.6) is 0 Å². The maximum atomic E-state index is 12.6. The Morgan fingerprint density at radius 3 is 2.36 bits per heavy atom. The Hall–Kier alpha value is -3.61. The van der Waals surface area contributed by atoms with Gasteiger partial charge < -0.3 is 9.88 Å². The number of benzene rings is 3. The minimum absolute atomic E-state index is 0.0846. The molecule has 2 heterocycles. The van der Waals surface area contributed by atoms with E-state index in [2.05, 4.69) is 14.9 Å². The molecule has 36 heavy (non-hydrogen) atoms. The highest BCUT2D eigenvalue weighted by Gasteiger charge is 2.13. The first kappa shape index (κ1) is 24.1. The van der Waals surface area contributed by atoms with Crippen LogP contribution in [-0.2, 0) is 18.8 Å². The molecule has 5 nitrogen and oxygen atoms in total. The molecule has 0 aliphatic carbocycles. The summed E-state index contributed by atoms with van der Waals surface area (Å²) >= 11 is 7.71. The van der Waals surface area contributed by atoms with Crippen LogP contribution in [0.2, 0.25) is 5.02 Å². The van der Waals surface area contributed by atoms with Crippen molar-refractivity contribution in [2.45, 2.75) is 30.9 Å². The molecule has 0 saturated heterocycles. The highest BCUT2D eigenvalue weighted by Crippen LogP contribution is 2.28. The molecule has 0 fully saturated rings. The quantitative estimate of drug-likeness (QED) is 0.236. The Balaban J connectivity index is 1.29. The normalized spacial score (nSPS) is 11.1. The lowest BCUT2D eigenvalue weighted by molar-refractivity contribution is 0.0951. The number of pyridine rings is 1. The van der Waals surface area contributed by atoms with Crippen LogP contribution in [0, 0.1) is 6.92 Å². The van der Waals surface area contributed by atoms with Crippen LogP contribution < -0.4 is 5.32 Å². The van der Waals surface area contributed by atoms with Crippen molar-refractivity contribution in [2.75, 3.05) is 0 Å². The lowest BCUT2D eigenvalue weighted by atomic mass is 10.1. The minimum Gasteiger partial charge on any atom is -0.348 e. The number of hydrogen-bond donors (Lipinski definition) is 1. The van der Waals surface area contributed by atoms with Crippen LogP contribution >= 0.6 is 23.4 Å². The SMILES string of the molecule is Cc1ccc(CNC(=O)c2ccc(Cn3c(SCc4ccc(Cl)cc4)nc4ccncc43)cc2)cc1. The van der Waals surface area contributed by atoms with E-state index in [9.17, 15) is 4.79 Å². The summed E-state index contributed by atoms with van der Waals surface area (Å²) in [6, 6.07) is 25.7. The summed E-state index contributed by atoms with van der Waals surface area (Å²) in [4.78, 5) is 21.8. The molecule has 5 aromatic rings. The Bertz CT molecular complexity index is 1480. The predicted octanol–water partition coefficient (Wildman–Crippen LogP) is 6.66. The fourth-order valence-corrected chi connectivity index (χ4v) is 4.97. The molecule has 0 radical (unpaired) electrons. The molecule has 3 aromatic carbocycles. The van der Waals surface area contributed by atoms with Crippen LogP contribution in [0.1, 0.15) is 32.6 Å². The van der Waals surface area contributed by atoms with Gasteiger partial charge >= 0.3 is 0 Å². The van der Waals surface area contributed by atoms with Crippen LogP contribution in [0.25, 0.3) is 11.0 Å². The molecule has 1 N–H and O–H groups in total. The number of aryl methyl sites for hydroxylation is 1. The lowest BCUT2D eigenvalue weighted by Gasteiger charge is -2.10. The topological polar surface area (TPSA) is 59.8 Å². The van der Waals surface area contributed by atoms with Gasteiger partial charge in [0.15, 0.2) is 5.16 Å². The van der Waals surface area contributed by atoms with E-state index in [0.717, 1.165) is 38.1 Å². The summed E-state index contributed by atoms with van der Waals surface area (Å²) in [6.45, 7) is 3.19. The van der Waals surface area contributed by atoms with Crippen molar-refractivity contribution in [3.63, 3.8) is 0 Å². The molecule has 0 spiro atoms. The zero-order valence-electron chi connectivity index (χ0n) is 19.8. The van der Waals surface area contributed by atoms with Crippen LogP contribution in [0.15, 0.2) is 96.4 Å². The predicted molar refractivity (Wildman–Crippen MR) is 146 cm³/mol. The Kier molecular flexibility index (Phi) is 7.35. The van der Waals surface area contributed by atoms with Crippen molar-refractivity contribution in [2.24, 2.45) is 0 Å². The molecule has 1 amide bonds. The number of imidazole rings is 1. The molecule has 5 rings (SSSR count). The van der Waals surface area contributed by atoms with Gasteiger partial charge in [0, 0.05) is 29.1 Å². The number of aromatic nitrogens is 3. The minimum atomic E-state index is -0.0846. The van der Waals surface area contributed by atoms with Gasteiger partial charge in [-0.25, -0.2) is 4.98 Å². The second kappa shape index (κ2) is 11.0. The first-order chi connectivity index (χ1) is 17.5. The third kappa shape index (κ3) is 5.78. The van der Waals surface area contributed by atoms with E-state index < -0.39 is 0 Å². The van der Waals surface area contributed by atoms with Crippen LogP contribution in [0.3, 0.4) is 0 Å². The van der Waals surface area contributed by atoms with Crippen molar-refractivity contribution in [3.05, 3.63) is 124 Å². The van der Waals surface area contributed by atoms with Crippen molar-refractivity contribution in [1.82, 2.24) is 19.9 Å². The number of fused-ring (bicyclic) bond motifs is 1. The first-order valence-electron chi connectivity index (χ1n) is 11.7. The Labute approximate surface area is 219 Å². The maximum Gasteiger partial charge on any atom is 0.251 e. The molecular formula is C29H25ClN4OS. The molecule has 0 atom stereocenters. The monoisotopic (exact) mass is 512 g/mol. The van der Waals surface area contributed by atoms with Crippen molar-refractivity contribution in [3.8, 4) is 0 Å². The molecule has 7 heteroatoms. The first-order valence-corrected chi connectivity index (χ1v) is 13.0. The number of carbonyl (C=O) groups is 1. The second-order valence-electron chi connectivity index (χ2n) is 8.63. The van der Waals surface area contributed by atoms with Gasteiger partial charge in [0.05, 0.1) is 23.8 Å². The highest BCUT2D eigenvalue weighted by atomic mass is 35.5. The van der Waals surface area contributed by atoms with Gasteiger partial charge in [-0.3, -0.25) is 9.78 Å². The number of hydrogen-bond acceptors (Lipinski definition) is 4. The van der Waals surface area contributed by atoms with Crippen LogP contribution in [-0.4, -0.2) is 20.4 Å². The van der Waals surface area contributed by atoms with Gasteiger partial charge in [-0.1, -0.05) is 77.5 Å². The standard InChI is InChI=1S/C29H25ClN4OS/c1-20-2-4-21(5-3-20)16-32-28(35)24-10-6-22(7-11-24)18-34-27-17-31-15-14-26(27)33-29(34)36-19-23-8-12-25(30)13-9-23/h2-15,17H,16,18-19H2,1H3,(H,32,35). The fraction of sp³-hybridized carbons (Fsp3) is 0.138. The Morgan fingerprint density at radius 1 is 0.917 bits per heavy atom. The number of nitrogens with zero attached hydrogens (tertiary/aromatic N) is 3. The molecule has 0 aliphatic rings. The van der Waals surface area contributed by atoms with Gasteiger partial charge in [0.25, 0.3) is 5.91 Å². The molecule has 0 aliphatic heterocycles. The number of carbonyl (C=O) groups excluding carboxylic acids is 1. The third-order valence-electron chi connectivity index (χ3n) is 5.93. The average molecular weight is 513 g/mol. The van der Waals surface area contributed by atoms with E-state index in [1.807, 2.05) is 92.0 Å². The van der Waals surface area contributed by atoms with Gasteiger partial charge in [-0.05, 0) is 53.9 Å². The van der Waals surface area contributed by atoms with E-state index in [1.165, 1.54) is 11.1 Å². The van der Waals surface area contributed by atoms with Gasteiger partial charge in [0.1, 0.15) is 0 Å². The summed E-state index contributed by atoms with van der Waals surface area (Å²) in [6.07, 6.45) is 3.61. The average Bonchev–Trinajstić information content (AvgIpc) is 3.25. The number of halogens is 1. The van der Waals surface area contributed by atoms with E-state index in [0.29, 0.717) is 18.7 Å². The van der Waals surface area contributed by atoms with E-state index in [4.69, 9.17) is 16.6 Å². The highest BCUT2D eigenvalue weighted by molar-refractivity contribution is 7.98. The van der Waals surface area contributed by atoms with Gasteiger partial charge in [-0.2, -0.15) is 0 Å². The second-order valence-corrected chi connectivity index (χ2v) is 10.0. The summed E-state index contributed by atoms with van der Waals surface area (Å²) in [5, 5.41) is 4.65. The van der Waals surface area contributed by atoms with Crippen molar-refractivity contribution in [1.29, 1.82) is 0 Å². The molecule has 2 aromatic heterocycles. The maximum absolute atomic E-state index is 12.6.